The third-order valence-corrected chi connectivity index (χ3v) is 3.17. The van der Waals surface area contributed by atoms with E-state index >= 15 is 0 Å². The summed E-state index contributed by atoms with van der Waals surface area (Å²) in [6.45, 7) is 3.69. The van der Waals surface area contributed by atoms with Gasteiger partial charge in [-0.2, -0.15) is 0 Å². The molecule has 0 aliphatic carbocycles. The Morgan fingerprint density at radius 3 is 2.69 bits per heavy atom. The molecule has 0 bridgehead atoms. The molecule has 2 rings (SSSR count). The molecule has 1 aliphatic rings. The first kappa shape index (κ1) is 11.1. The smallest absolute Gasteiger partial charge is 0.306 e. The van der Waals surface area contributed by atoms with Gasteiger partial charge in [0.15, 0.2) is 0 Å². The SMILES string of the molecule is O=C(O)C1CCN(CCn2ccnc2)CC1. The minimum absolute atomic E-state index is 0.135. The summed E-state index contributed by atoms with van der Waals surface area (Å²) in [4.78, 5) is 17.1. The number of hydrogen-bond acceptors (Lipinski definition) is 3. The summed E-state index contributed by atoms with van der Waals surface area (Å²) in [6, 6.07) is 0. The van der Waals surface area contributed by atoms with E-state index in [2.05, 4.69) is 9.88 Å². The van der Waals surface area contributed by atoms with Crippen molar-refractivity contribution in [1.82, 2.24) is 14.5 Å². The van der Waals surface area contributed by atoms with Crippen LogP contribution in [0.25, 0.3) is 0 Å². The predicted octanol–water partition coefficient (Wildman–Crippen LogP) is 0.680. The van der Waals surface area contributed by atoms with E-state index < -0.39 is 5.97 Å². The van der Waals surface area contributed by atoms with E-state index in [-0.39, 0.29) is 5.92 Å². The maximum Gasteiger partial charge on any atom is 0.306 e. The van der Waals surface area contributed by atoms with Crippen LogP contribution in [-0.4, -0.2) is 45.2 Å². The van der Waals surface area contributed by atoms with Crippen molar-refractivity contribution in [2.45, 2.75) is 19.4 Å². The molecule has 5 heteroatoms. The predicted molar refractivity (Wildman–Crippen MR) is 59.0 cm³/mol. The second kappa shape index (κ2) is 5.12. The number of hydrogen-bond donors (Lipinski definition) is 1. The molecule has 0 aromatic carbocycles. The van der Waals surface area contributed by atoms with E-state index in [4.69, 9.17) is 5.11 Å². The molecule has 1 aliphatic heterocycles. The lowest BCUT2D eigenvalue weighted by molar-refractivity contribution is -0.143. The topological polar surface area (TPSA) is 58.4 Å². The van der Waals surface area contributed by atoms with Crippen LogP contribution in [0.5, 0.6) is 0 Å². The monoisotopic (exact) mass is 223 g/mol. The fourth-order valence-electron chi connectivity index (χ4n) is 2.08. The molecule has 1 saturated heterocycles. The van der Waals surface area contributed by atoms with E-state index in [1.807, 2.05) is 17.1 Å². The fourth-order valence-corrected chi connectivity index (χ4v) is 2.08. The summed E-state index contributed by atoms with van der Waals surface area (Å²) in [7, 11) is 0. The van der Waals surface area contributed by atoms with E-state index in [0.717, 1.165) is 39.0 Å². The molecule has 1 fully saturated rings. The number of carbonyl (C=O) groups is 1. The van der Waals surface area contributed by atoms with Crippen molar-refractivity contribution in [2.75, 3.05) is 19.6 Å². The summed E-state index contributed by atoms with van der Waals surface area (Å²) in [5.41, 5.74) is 0. The molecule has 1 N–H and O–H groups in total. The molecule has 2 heterocycles. The van der Waals surface area contributed by atoms with Gasteiger partial charge >= 0.3 is 5.97 Å². The van der Waals surface area contributed by atoms with Crippen LogP contribution < -0.4 is 0 Å². The lowest BCUT2D eigenvalue weighted by Gasteiger charge is -2.29. The second-order valence-corrected chi connectivity index (χ2v) is 4.25. The largest absolute Gasteiger partial charge is 0.481 e. The number of aromatic nitrogens is 2. The fraction of sp³-hybridized carbons (Fsp3) is 0.636. The first-order valence-corrected chi connectivity index (χ1v) is 5.66. The van der Waals surface area contributed by atoms with Crippen molar-refractivity contribution in [3.8, 4) is 0 Å². The third kappa shape index (κ3) is 2.82. The zero-order chi connectivity index (χ0) is 11.4. The zero-order valence-electron chi connectivity index (χ0n) is 9.25. The van der Waals surface area contributed by atoms with Gasteiger partial charge in [-0.05, 0) is 25.9 Å². The van der Waals surface area contributed by atoms with E-state index in [1.165, 1.54) is 0 Å². The molecular formula is C11H17N3O2. The Balaban J connectivity index is 1.71. The van der Waals surface area contributed by atoms with Crippen molar-refractivity contribution < 1.29 is 9.90 Å². The van der Waals surface area contributed by atoms with Crippen molar-refractivity contribution in [3.05, 3.63) is 18.7 Å². The second-order valence-electron chi connectivity index (χ2n) is 4.25. The molecule has 0 unspecified atom stereocenters. The molecule has 1 aromatic rings. The molecule has 0 spiro atoms. The molecule has 16 heavy (non-hydrogen) atoms. The van der Waals surface area contributed by atoms with Crippen molar-refractivity contribution >= 4 is 5.97 Å². The molecule has 5 nitrogen and oxygen atoms in total. The molecular weight excluding hydrogens is 206 g/mol. The number of aliphatic carboxylic acids is 1. The molecule has 0 amide bonds. The van der Waals surface area contributed by atoms with Gasteiger partial charge in [0.25, 0.3) is 0 Å². The van der Waals surface area contributed by atoms with Crippen LogP contribution in [0, 0.1) is 5.92 Å². The number of nitrogens with zero attached hydrogens (tertiary/aromatic N) is 3. The van der Waals surface area contributed by atoms with Gasteiger partial charge in [0.2, 0.25) is 0 Å². The summed E-state index contributed by atoms with van der Waals surface area (Å²) < 4.78 is 2.04. The number of rotatable bonds is 4. The van der Waals surface area contributed by atoms with Crippen molar-refractivity contribution in [3.63, 3.8) is 0 Å². The number of carboxylic acids is 1. The van der Waals surface area contributed by atoms with Gasteiger partial charge in [0.1, 0.15) is 0 Å². The van der Waals surface area contributed by atoms with Crippen LogP contribution in [0.15, 0.2) is 18.7 Å². The maximum absolute atomic E-state index is 10.8. The van der Waals surface area contributed by atoms with Crippen LogP contribution in [0.4, 0.5) is 0 Å². The Labute approximate surface area is 94.7 Å². The van der Waals surface area contributed by atoms with Crippen LogP contribution in [0.1, 0.15) is 12.8 Å². The Morgan fingerprint density at radius 2 is 2.12 bits per heavy atom. The summed E-state index contributed by atoms with van der Waals surface area (Å²) >= 11 is 0. The van der Waals surface area contributed by atoms with Gasteiger partial charge in [-0.15, -0.1) is 0 Å². The first-order chi connectivity index (χ1) is 7.75. The molecule has 0 radical (unpaired) electrons. The minimum atomic E-state index is -0.644. The lowest BCUT2D eigenvalue weighted by Crippen LogP contribution is -2.37. The van der Waals surface area contributed by atoms with Gasteiger partial charge in [0.05, 0.1) is 12.2 Å². The highest BCUT2D eigenvalue weighted by molar-refractivity contribution is 5.70. The van der Waals surface area contributed by atoms with Crippen molar-refractivity contribution in [1.29, 1.82) is 0 Å². The highest BCUT2D eigenvalue weighted by Crippen LogP contribution is 2.16. The first-order valence-electron chi connectivity index (χ1n) is 5.66. The standard InChI is InChI=1S/C11H17N3O2/c15-11(16)10-1-4-13(5-2-10)7-8-14-6-3-12-9-14/h3,6,9-10H,1-2,4-5,7-8H2,(H,15,16). The summed E-state index contributed by atoms with van der Waals surface area (Å²) in [6.07, 6.45) is 7.09. The average molecular weight is 223 g/mol. The Kier molecular flexibility index (Phi) is 3.56. The van der Waals surface area contributed by atoms with Crippen LogP contribution >= 0.6 is 0 Å². The maximum atomic E-state index is 10.8. The lowest BCUT2D eigenvalue weighted by atomic mass is 9.97. The van der Waals surface area contributed by atoms with E-state index in [9.17, 15) is 4.79 Å². The summed E-state index contributed by atoms with van der Waals surface area (Å²) in [5, 5.41) is 8.87. The van der Waals surface area contributed by atoms with Gasteiger partial charge in [0, 0.05) is 25.5 Å². The molecule has 0 atom stereocenters. The number of imidazole rings is 1. The quantitative estimate of drug-likeness (QED) is 0.815. The van der Waals surface area contributed by atoms with Gasteiger partial charge in [-0.25, -0.2) is 4.98 Å². The van der Waals surface area contributed by atoms with Crippen LogP contribution in [0.3, 0.4) is 0 Å². The average Bonchev–Trinajstić information content (AvgIpc) is 2.80. The molecule has 88 valence electrons. The summed E-state index contributed by atoms with van der Waals surface area (Å²) in [5.74, 6) is -0.779. The van der Waals surface area contributed by atoms with E-state index in [1.54, 1.807) is 6.20 Å². The Bertz CT molecular complexity index is 329. The minimum Gasteiger partial charge on any atom is -0.481 e. The number of piperidine rings is 1. The zero-order valence-corrected chi connectivity index (χ0v) is 9.25. The van der Waals surface area contributed by atoms with Crippen LogP contribution in [-0.2, 0) is 11.3 Å². The molecule has 1 aromatic heterocycles. The van der Waals surface area contributed by atoms with Crippen molar-refractivity contribution in [2.24, 2.45) is 5.92 Å². The van der Waals surface area contributed by atoms with Gasteiger partial charge in [-0.3, -0.25) is 4.79 Å². The van der Waals surface area contributed by atoms with Gasteiger partial charge < -0.3 is 14.6 Å². The Hall–Kier alpha value is -1.36. The molecule has 0 saturated carbocycles. The number of likely N-dealkylation sites (tertiary alicyclic amines) is 1. The third-order valence-electron chi connectivity index (χ3n) is 3.17. The number of carboxylic acid groups (broad SMARTS) is 1. The normalized spacial score (nSPS) is 18.8. The van der Waals surface area contributed by atoms with Gasteiger partial charge in [-0.1, -0.05) is 0 Å². The highest BCUT2D eigenvalue weighted by atomic mass is 16.4. The Morgan fingerprint density at radius 1 is 1.38 bits per heavy atom. The highest BCUT2D eigenvalue weighted by Gasteiger charge is 2.23. The van der Waals surface area contributed by atoms with E-state index in [0.29, 0.717) is 0 Å². The van der Waals surface area contributed by atoms with Crippen LogP contribution in [0.2, 0.25) is 0 Å².